The van der Waals surface area contributed by atoms with E-state index in [2.05, 4.69) is 0 Å². The summed E-state index contributed by atoms with van der Waals surface area (Å²) in [5.74, 6) is 0. The molecule has 9 heavy (non-hydrogen) atoms. The minimum atomic E-state index is 0.955. The third-order valence-corrected chi connectivity index (χ3v) is 2.08. The van der Waals surface area contributed by atoms with Crippen LogP contribution in [0.1, 0.15) is 19.3 Å². The highest BCUT2D eigenvalue weighted by Gasteiger charge is 2.21. The lowest BCUT2D eigenvalue weighted by molar-refractivity contribution is -0.104. The van der Waals surface area contributed by atoms with Crippen LogP contribution in [0.15, 0.2) is 22.8 Å². The third kappa shape index (κ3) is 0.576. The number of hydrogen-bond donors (Lipinski definition) is 0. The molecule has 0 amide bonds. The van der Waals surface area contributed by atoms with Crippen molar-refractivity contribution in [1.29, 1.82) is 0 Å². The molecule has 1 fully saturated rings. The van der Waals surface area contributed by atoms with Crippen LogP contribution in [0.4, 0.5) is 0 Å². The van der Waals surface area contributed by atoms with Crippen molar-refractivity contribution in [2.75, 3.05) is 0 Å². The predicted molar refractivity (Wildman–Crippen MR) is 35.0 cm³/mol. The normalized spacial score (nSPS) is 22.9. The van der Waals surface area contributed by atoms with Crippen molar-refractivity contribution in [3.63, 3.8) is 0 Å². The van der Waals surface area contributed by atoms with Gasteiger partial charge in [0.15, 0.2) is 0 Å². The number of fused-ring (bicyclic) bond motifs is 2. The summed E-state index contributed by atoms with van der Waals surface area (Å²) in [5, 5.41) is 0. The van der Waals surface area contributed by atoms with E-state index in [-0.39, 0.29) is 0 Å². The Morgan fingerprint density at radius 2 is 2.33 bits per heavy atom. The lowest BCUT2D eigenvalue weighted by atomic mass is 10.1. The Bertz CT molecular complexity index is 221. The topological polar surface area (TPSA) is 17.1 Å². The van der Waals surface area contributed by atoms with Crippen LogP contribution < -0.4 is 0 Å². The molecule has 0 aromatic carbocycles. The first-order valence-electron chi connectivity index (χ1n) is 3.27. The van der Waals surface area contributed by atoms with Gasteiger partial charge in [-0.15, -0.1) is 0 Å². The minimum absolute atomic E-state index is 0.955. The number of aldehydes is 1. The molecule has 2 aliphatic carbocycles. The summed E-state index contributed by atoms with van der Waals surface area (Å²) in [4.78, 5) is 10.3. The summed E-state index contributed by atoms with van der Waals surface area (Å²) >= 11 is 0. The molecule has 0 atom stereocenters. The van der Waals surface area contributed by atoms with Crippen molar-refractivity contribution in [2.24, 2.45) is 0 Å². The molecule has 1 nitrogen and oxygen atoms in total. The number of hydrogen-bond acceptors (Lipinski definition) is 1. The van der Waals surface area contributed by atoms with E-state index in [0.29, 0.717) is 0 Å². The standard InChI is InChI=1S/C8H8O/c9-5-8-4-6-1-2-7(8)3-6/h4-5H,1-3H2. The molecule has 0 aromatic rings. The van der Waals surface area contributed by atoms with E-state index in [0.717, 1.165) is 24.7 Å². The van der Waals surface area contributed by atoms with E-state index in [1.54, 1.807) is 0 Å². The maximum Gasteiger partial charge on any atom is 0.150 e. The monoisotopic (exact) mass is 120 g/mol. The molecule has 0 aromatic heterocycles. The zero-order chi connectivity index (χ0) is 6.27. The fourth-order valence-electron chi connectivity index (χ4n) is 1.57. The van der Waals surface area contributed by atoms with Gasteiger partial charge in [-0.25, -0.2) is 0 Å². The van der Waals surface area contributed by atoms with Gasteiger partial charge in [-0.1, -0.05) is 17.2 Å². The van der Waals surface area contributed by atoms with Crippen LogP contribution in [-0.4, -0.2) is 6.29 Å². The Morgan fingerprint density at radius 1 is 1.44 bits per heavy atom. The molecule has 0 aliphatic heterocycles. The lowest BCUT2D eigenvalue weighted by Crippen LogP contribution is -1.84. The Labute approximate surface area is 54.1 Å². The Balaban J connectivity index is 2.43. The maximum atomic E-state index is 10.3. The smallest absolute Gasteiger partial charge is 0.150 e. The number of allylic oxidation sites excluding steroid dienone is 4. The molecular formula is C8H8O. The molecule has 1 saturated carbocycles. The van der Waals surface area contributed by atoms with Crippen LogP contribution >= 0.6 is 0 Å². The molecule has 0 heterocycles. The summed E-state index contributed by atoms with van der Waals surface area (Å²) in [7, 11) is 0. The molecule has 2 aliphatic rings. The highest BCUT2D eigenvalue weighted by molar-refractivity contribution is 5.81. The van der Waals surface area contributed by atoms with Crippen molar-refractivity contribution >= 4 is 6.29 Å². The third-order valence-electron chi connectivity index (χ3n) is 2.08. The molecule has 46 valence electrons. The summed E-state index contributed by atoms with van der Waals surface area (Å²) in [5.41, 5.74) is 3.77. The van der Waals surface area contributed by atoms with Crippen LogP contribution in [0.2, 0.25) is 0 Å². The molecular weight excluding hydrogens is 112 g/mol. The number of rotatable bonds is 1. The Kier molecular flexibility index (Phi) is 0.865. The second-order valence-corrected chi connectivity index (χ2v) is 2.66. The van der Waals surface area contributed by atoms with E-state index < -0.39 is 0 Å². The number of carbonyl (C=O) groups excluding carboxylic acids is 1. The van der Waals surface area contributed by atoms with Gasteiger partial charge >= 0.3 is 0 Å². The van der Waals surface area contributed by atoms with Gasteiger partial charge in [0.1, 0.15) is 6.29 Å². The van der Waals surface area contributed by atoms with E-state index in [1.807, 2.05) is 6.08 Å². The predicted octanol–water partition coefficient (Wildman–Crippen LogP) is 1.61. The second-order valence-electron chi connectivity index (χ2n) is 2.66. The van der Waals surface area contributed by atoms with Crippen LogP contribution in [-0.2, 0) is 4.79 Å². The quantitative estimate of drug-likeness (QED) is 0.480. The second kappa shape index (κ2) is 1.56. The van der Waals surface area contributed by atoms with Gasteiger partial charge in [0.2, 0.25) is 0 Å². The van der Waals surface area contributed by atoms with E-state index >= 15 is 0 Å². The average molecular weight is 120 g/mol. The number of carbonyl (C=O) groups is 1. The van der Waals surface area contributed by atoms with Gasteiger partial charge in [-0.05, 0) is 19.3 Å². The minimum Gasteiger partial charge on any atom is -0.298 e. The fraction of sp³-hybridized carbons (Fsp3) is 0.375. The van der Waals surface area contributed by atoms with Gasteiger partial charge in [0.25, 0.3) is 0 Å². The van der Waals surface area contributed by atoms with Crippen LogP contribution in [0.5, 0.6) is 0 Å². The molecule has 0 N–H and O–H groups in total. The Hall–Kier alpha value is -0.850. The summed E-state index contributed by atoms with van der Waals surface area (Å²) in [6.07, 6.45) is 6.44. The Morgan fingerprint density at radius 3 is 2.67 bits per heavy atom. The van der Waals surface area contributed by atoms with E-state index in [4.69, 9.17) is 0 Å². The van der Waals surface area contributed by atoms with Crippen molar-refractivity contribution < 1.29 is 4.79 Å². The van der Waals surface area contributed by atoms with Crippen molar-refractivity contribution in [2.45, 2.75) is 19.3 Å². The molecule has 0 radical (unpaired) electrons. The van der Waals surface area contributed by atoms with Gasteiger partial charge in [-0.2, -0.15) is 0 Å². The molecule has 2 bridgehead atoms. The zero-order valence-electron chi connectivity index (χ0n) is 5.18. The summed E-state index contributed by atoms with van der Waals surface area (Å²) < 4.78 is 0. The fourth-order valence-corrected chi connectivity index (χ4v) is 1.57. The first-order chi connectivity index (χ1) is 4.40. The summed E-state index contributed by atoms with van der Waals surface area (Å²) in [6.45, 7) is 0. The SMILES string of the molecule is O=CC1=C2CCC(=C1)C2. The molecule has 0 saturated heterocycles. The van der Waals surface area contributed by atoms with Gasteiger partial charge in [-0.3, -0.25) is 4.79 Å². The largest absolute Gasteiger partial charge is 0.298 e. The van der Waals surface area contributed by atoms with Crippen LogP contribution in [0.25, 0.3) is 0 Å². The zero-order valence-corrected chi connectivity index (χ0v) is 5.18. The van der Waals surface area contributed by atoms with Gasteiger partial charge in [0.05, 0.1) is 0 Å². The van der Waals surface area contributed by atoms with Gasteiger partial charge < -0.3 is 0 Å². The van der Waals surface area contributed by atoms with Crippen molar-refractivity contribution in [3.8, 4) is 0 Å². The van der Waals surface area contributed by atoms with Crippen LogP contribution in [0, 0.1) is 0 Å². The summed E-state index contributed by atoms with van der Waals surface area (Å²) in [6, 6.07) is 0. The average Bonchev–Trinajstić information content (AvgIpc) is 2.45. The first kappa shape index (κ1) is 4.98. The molecule has 2 rings (SSSR count). The highest BCUT2D eigenvalue weighted by atomic mass is 16.1. The van der Waals surface area contributed by atoms with Gasteiger partial charge in [0, 0.05) is 5.57 Å². The first-order valence-corrected chi connectivity index (χ1v) is 3.27. The molecule has 1 heteroatoms. The van der Waals surface area contributed by atoms with Crippen LogP contribution in [0.3, 0.4) is 0 Å². The van der Waals surface area contributed by atoms with Crippen molar-refractivity contribution in [1.82, 2.24) is 0 Å². The molecule has 0 spiro atoms. The molecule has 0 unspecified atom stereocenters. The van der Waals surface area contributed by atoms with E-state index in [1.165, 1.54) is 17.6 Å². The highest BCUT2D eigenvalue weighted by Crippen LogP contribution is 2.37. The van der Waals surface area contributed by atoms with Crippen molar-refractivity contribution in [3.05, 3.63) is 22.8 Å². The lowest BCUT2D eigenvalue weighted by Gasteiger charge is -1.95. The van der Waals surface area contributed by atoms with E-state index in [9.17, 15) is 4.79 Å². The maximum absolute atomic E-state index is 10.3.